The molecule has 0 aromatic heterocycles. The first-order chi connectivity index (χ1) is 5.69. The molecule has 0 aliphatic rings. The molecule has 0 fully saturated rings. The molecule has 13 heavy (non-hydrogen) atoms. The topological polar surface area (TPSA) is 29.5 Å². The normalized spacial score (nSPS) is 15.9. The van der Waals surface area contributed by atoms with Crippen LogP contribution in [0, 0.1) is 0 Å². The number of rotatable bonds is 4. The van der Waals surface area contributed by atoms with Crippen LogP contribution in [0.25, 0.3) is 0 Å². The maximum Gasteiger partial charge on any atom is 0.389 e. The largest absolute Gasteiger partial charge is 0.390 e. The maximum absolute atomic E-state index is 11.8. The minimum atomic E-state index is -4.22. The van der Waals surface area contributed by atoms with E-state index in [0.717, 1.165) is 0 Å². The molecule has 0 radical (unpaired) electrons. The Hall–Kier alpha value is -0.290. The number of methoxy groups -OCH3 is 1. The van der Waals surface area contributed by atoms with E-state index in [1.807, 2.05) is 0 Å². The van der Waals surface area contributed by atoms with Crippen LogP contribution >= 0.6 is 0 Å². The third kappa shape index (κ3) is 5.10. The van der Waals surface area contributed by atoms with Crippen LogP contribution in [-0.4, -0.2) is 30.1 Å². The molecule has 1 N–H and O–H groups in total. The summed E-state index contributed by atoms with van der Waals surface area (Å²) in [6.07, 6.45) is -6.63. The van der Waals surface area contributed by atoms with Gasteiger partial charge in [-0.1, -0.05) is 0 Å². The molecule has 1 unspecified atom stereocenters. The first kappa shape index (κ1) is 12.7. The molecule has 0 aliphatic heterocycles. The van der Waals surface area contributed by atoms with Gasteiger partial charge in [0, 0.05) is 13.5 Å². The van der Waals surface area contributed by atoms with Crippen molar-refractivity contribution in [1.29, 1.82) is 0 Å². The fraction of sp³-hybridized carbons (Fsp3) is 1.00. The third-order valence-electron chi connectivity index (χ3n) is 2.03. The standard InChI is InChI=1S/C8H15F3O2/c1-7(2,13-3)6(12)4-5-8(9,10)11/h6,12H,4-5H2,1-3H3. The lowest BCUT2D eigenvalue weighted by Gasteiger charge is -2.29. The molecule has 0 aliphatic carbocycles. The Kier molecular flexibility index (Phi) is 4.19. The van der Waals surface area contributed by atoms with Gasteiger partial charge in [-0.15, -0.1) is 0 Å². The Morgan fingerprint density at radius 1 is 1.31 bits per heavy atom. The van der Waals surface area contributed by atoms with Crippen LogP contribution in [0.5, 0.6) is 0 Å². The third-order valence-corrected chi connectivity index (χ3v) is 2.03. The van der Waals surface area contributed by atoms with Gasteiger partial charge in [-0.2, -0.15) is 13.2 Å². The first-order valence-electron chi connectivity index (χ1n) is 3.99. The zero-order valence-electron chi connectivity index (χ0n) is 7.98. The van der Waals surface area contributed by atoms with Crippen molar-refractivity contribution in [2.45, 2.75) is 44.6 Å². The summed E-state index contributed by atoms with van der Waals surface area (Å²) in [5.41, 5.74) is -0.925. The Labute approximate surface area is 75.7 Å². The molecule has 0 aromatic carbocycles. The van der Waals surface area contributed by atoms with E-state index in [-0.39, 0.29) is 6.42 Å². The van der Waals surface area contributed by atoms with Gasteiger partial charge >= 0.3 is 6.18 Å². The van der Waals surface area contributed by atoms with Gasteiger partial charge in [-0.05, 0) is 20.3 Å². The highest BCUT2D eigenvalue weighted by Gasteiger charge is 2.33. The van der Waals surface area contributed by atoms with Crippen LogP contribution in [0.3, 0.4) is 0 Å². The zero-order chi connectivity index (χ0) is 10.7. The second-order valence-corrected chi connectivity index (χ2v) is 3.48. The lowest BCUT2D eigenvalue weighted by atomic mass is 9.97. The molecule has 0 saturated heterocycles. The van der Waals surface area contributed by atoms with Crippen LogP contribution in [-0.2, 0) is 4.74 Å². The van der Waals surface area contributed by atoms with Crippen molar-refractivity contribution >= 4 is 0 Å². The van der Waals surface area contributed by atoms with Gasteiger partial charge in [0.2, 0.25) is 0 Å². The van der Waals surface area contributed by atoms with Gasteiger partial charge in [0.15, 0.2) is 0 Å². The molecular formula is C8H15F3O2. The van der Waals surface area contributed by atoms with E-state index in [9.17, 15) is 18.3 Å². The van der Waals surface area contributed by atoms with Crippen molar-refractivity contribution in [3.63, 3.8) is 0 Å². The summed E-state index contributed by atoms with van der Waals surface area (Å²) in [4.78, 5) is 0. The van der Waals surface area contributed by atoms with Crippen molar-refractivity contribution in [3.8, 4) is 0 Å². The van der Waals surface area contributed by atoms with E-state index < -0.39 is 24.3 Å². The quantitative estimate of drug-likeness (QED) is 0.753. The number of ether oxygens (including phenoxy) is 1. The van der Waals surface area contributed by atoms with Crippen molar-refractivity contribution in [2.75, 3.05) is 7.11 Å². The summed E-state index contributed by atoms with van der Waals surface area (Å²) in [7, 11) is 1.36. The Bertz CT molecular complexity index is 154. The van der Waals surface area contributed by atoms with Crippen LogP contribution in [0.2, 0.25) is 0 Å². The minimum Gasteiger partial charge on any atom is -0.390 e. The SMILES string of the molecule is COC(C)(C)C(O)CCC(F)(F)F. The number of hydrogen-bond donors (Lipinski definition) is 1. The molecule has 1 atom stereocenters. The van der Waals surface area contributed by atoms with E-state index in [0.29, 0.717) is 0 Å². The highest BCUT2D eigenvalue weighted by Crippen LogP contribution is 2.26. The van der Waals surface area contributed by atoms with Gasteiger partial charge in [-0.3, -0.25) is 0 Å². The molecule has 0 saturated carbocycles. The monoisotopic (exact) mass is 200 g/mol. The average Bonchev–Trinajstić information content (AvgIpc) is 1.98. The van der Waals surface area contributed by atoms with Gasteiger partial charge in [0.05, 0.1) is 11.7 Å². The van der Waals surface area contributed by atoms with E-state index in [4.69, 9.17) is 4.74 Å². The molecule has 0 spiro atoms. The van der Waals surface area contributed by atoms with Crippen LogP contribution in [0.4, 0.5) is 13.2 Å². The molecule has 0 aromatic rings. The van der Waals surface area contributed by atoms with Crippen LogP contribution in [0.1, 0.15) is 26.7 Å². The lowest BCUT2D eigenvalue weighted by molar-refractivity contribution is -0.150. The lowest BCUT2D eigenvalue weighted by Crippen LogP contribution is -2.38. The van der Waals surface area contributed by atoms with Gasteiger partial charge in [-0.25, -0.2) is 0 Å². The van der Waals surface area contributed by atoms with E-state index in [1.165, 1.54) is 7.11 Å². The molecule has 0 bridgehead atoms. The van der Waals surface area contributed by atoms with Crippen LogP contribution < -0.4 is 0 Å². The number of aliphatic hydroxyl groups excluding tert-OH is 1. The number of hydrogen-bond acceptors (Lipinski definition) is 2. The Balaban J connectivity index is 3.95. The fourth-order valence-corrected chi connectivity index (χ4v) is 0.784. The number of halogens is 3. The summed E-state index contributed by atoms with van der Waals surface area (Å²) in [6, 6.07) is 0. The fourth-order valence-electron chi connectivity index (χ4n) is 0.784. The van der Waals surface area contributed by atoms with Crippen molar-refractivity contribution in [2.24, 2.45) is 0 Å². The Morgan fingerprint density at radius 3 is 2.08 bits per heavy atom. The van der Waals surface area contributed by atoms with E-state index in [1.54, 1.807) is 13.8 Å². The summed E-state index contributed by atoms with van der Waals surface area (Å²) >= 11 is 0. The van der Waals surface area contributed by atoms with Crippen LogP contribution in [0.15, 0.2) is 0 Å². The van der Waals surface area contributed by atoms with Crippen molar-refractivity contribution in [1.82, 2.24) is 0 Å². The highest BCUT2D eigenvalue weighted by atomic mass is 19.4. The maximum atomic E-state index is 11.8. The van der Waals surface area contributed by atoms with E-state index in [2.05, 4.69) is 0 Å². The second-order valence-electron chi connectivity index (χ2n) is 3.48. The van der Waals surface area contributed by atoms with Crippen molar-refractivity contribution in [3.05, 3.63) is 0 Å². The summed E-state index contributed by atoms with van der Waals surface area (Å²) in [5.74, 6) is 0. The predicted molar refractivity (Wildman–Crippen MR) is 42.4 cm³/mol. The number of aliphatic hydroxyl groups is 1. The van der Waals surface area contributed by atoms with E-state index >= 15 is 0 Å². The molecule has 5 heteroatoms. The first-order valence-corrected chi connectivity index (χ1v) is 3.99. The molecule has 80 valence electrons. The second kappa shape index (κ2) is 4.28. The molecule has 0 rings (SSSR count). The smallest absolute Gasteiger partial charge is 0.389 e. The zero-order valence-corrected chi connectivity index (χ0v) is 7.98. The Morgan fingerprint density at radius 2 is 1.77 bits per heavy atom. The van der Waals surface area contributed by atoms with Gasteiger partial charge in [0.25, 0.3) is 0 Å². The van der Waals surface area contributed by atoms with Gasteiger partial charge in [0.1, 0.15) is 0 Å². The van der Waals surface area contributed by atoms with Crippen molar-refractivity contribution < 1.29 is 23.0 Å². The molecular weight excluding hydrogens is 185 g/mol. The molecule has 0 heterocycles. The predicted octanol–water partition coefficient (Wildman–Crippen LogP) is 2.11. The highest BCUT2D eigenvalue weighted by molar-refractivity contribution is 4.78. The average molecular weight is 200 g/mol. The minimum absolute atomic E-state index is 0.329. The summed E-state index contributed by atoms with van der Waals surface area (Å²) < 4.78 is 40.1. The molecule has 2 nitrogen and oxygen atoms in total. The van der Waals surface area contributed by atoms with Gasteiger partial charge < -0.3 is 9.84 Å². The number of alkyl halides is 3. The summed E-state index contributed by atoms with van der Waals surface area (Å²) in [5, 5.41) is 9.32. The molecule has 0 amide bonds. The summed E-state index contributed by atoms with van der Waals surface area (Å²) in [6.45, 7) is 3.10.